The second-order valence-corrected chi connectivity index (χ2v) is 7.29. The summed E-state index contributed by atoms with van der Waals surface area (Å²) in [5, 5.41) is 6.10. The van der Waals surface area contributed by atoms with Crippen LogP contribution in [0.5, 0.6) is 0 Å². The van der Waals surface area contributed by atoms with E-state index in [1.807, 2.05) is 25.7 Å². The quantitative estimate of drug-likeness (QED) is 0.516. The number of morpholine rings is 1. The summed E-state index contributed by atoms with van der Waals surface area (Å²) >= 11 is 0. The van der Waals surface area contributed by atoms with E-state index in [9.17, 15) is 18.0 Å². The Morgan fingerprint density at radius 3 is 2.80 bits per heavy atom. The Morgan fingerprint density at radius 2 is 2.13 bits per heavy atom. The number of alkyl halides is 3. The van der Waals surface area contributed by atoms with Gasteiger partial charge in [-0.2, -0.15) is 13.2 Å². The van der Waals surface area contributed by atoms with Crippen molar-refractivity contribution in [1.82, 2.24) is 15.5 Å². The fourth-order valence-corrected chi connectivity index (χ4v) is 3.10. The molecule has 9 heteroatoms. The van der Waals surface area contributed by atoms with Gasteiger partial charge in [0, 0.05) is 25.6 Å². The molecule has 1 fully saturated rings. The highest BCUT2D eigenvalue weighted by atomic mass is 19.4. The van der Waals surface area contributed by atoms with Crippen LogP contribution in [0, 0.1) is 0 Å². The summed E-state index contributed by atoms with van der Waals surface area (Å²) in [5.74, 6) is 0.585. The molecule has 2 unspecified atom stereocenters. The summed E-state index contributed by atoms with van der Waals surface area (Å²) in [6, 6.07) is 5.36. The van der Waals surface area contributed by atoms with Crippen LogP contribution >= 0.6 is 0 Å². The molecule has 1 saturated heterocycles. The maximum Gasteiger partial charge on any atom is 0.416 e. The number of hydrogen-bond donors (Lipinski definition) is 2. The Bertz CT molecular complexity index is 724. The van der Waals surface area contributed by atoms with Gasteiger partial charge in [0.1, 0.15) is 6.10 Å². The highest BCUT2D eigenvalue weighted by molar-refractivity contribution is 5.81. The molecule has 2 rings (SSSR count). The molecule has 6 nitrogen and oxygen atoms in total. The minimum Gasteiger partial charge on any atom is -0.370 e. The van der Waals surface area contributed by atoms with Crippen molar-refractivity contribution >= 4 is 11.9 Å². The second kappa shape index (κ2) is 11.2. The van der Waals surface area contributed by atoms with E-state index in [4.69, 9.17) is 4.74 Å². The number of benzene rings is 1. The molecule has 0 aromatic heterocycles. The molecule has 1 aromatic rings. The number of aliphatic imine (C=N–C) groups is 1. The highest BCUT2D eigenvalue weighted by Crippen LogP contribution is 2.32. The first-order valence-corrected chi connectivity index (χ1v) is 10.4. The van der Waals surface area contributed by atoms with Crippen molar-refractivity contribution in [2.24, 2.45) is 4.99 Å². The Labute approximate surface area is 175 Å². The lowest BCUT2D eigenvalue weighted by Gasteiger charge is -2.35. The van der Waals surface area contributed by atoms with Crippen molar-refractivity contribution in [2.75, 3.05) is 32.8 Å². The molecule has 1 aliphatic rings. The maximum absolute atomic E-state index is 13.0. The SMILES string of the molecule is CCNC(=NCCC(=O)NC(C)CC)N1CCOC(c2cccc(C(F)(F)F)c2)C1. The number of rotatable bonds is 7. The fourth-order valence-electron chi connectivity index (χ4n) is 3.10. The molecule has 168 valence electrons. The Hall–Kier alpha value is -2.29. The van der Waals surface area contributed by atoms with Gasteiger partial charge >= 0.3 is 6.18 Å². The summed E-state index contributed by atoms with van der Waals surface area (Å²) in [7, 11) is 0. The molecule has 30 heavy (non-hydrogen) atoms. The van der Waals surface area contributed by atoms with E-state index in [0.717, 1.165) is 18.6 Å². The van der Waals surface area contributed by atoms with Crippen molar-refractivity contribution in [2.45, 2.75) is 51.9 Å². The van der Waals surface area contributed by atoms with E-state index in [1.165, 1.54) is 6.07 Å². The molecular formula is C21H31F3N4O2. The molecule has 1 amide bonds. The van der Waals surface area contributed by atoms with Gasteiger partial charge in [0.25, 0.3) is 0 Å². The molecule has 1 heterocycles. The molecular weight excluding hydrogens is 397 g/mol. The van der Waals surface area contributed by atoms with Gasteiger partial charge in [-0.3, -0.25) is 9.79 Å². The second-order valence-electron chi connectivity index (χ2n) is 7.29. The number of nitrogens with one attached hydrogen (secondary N) is 2. The van der Waals surface area contributed by atoms with Gasteiger partial charge < -0.3 is 20.3 Å². The predicted octanol–water partition coefficient (Wildman–Crippen LogP) is 3.35. The van der Waals surface area contributed by atoms with Crippen molar-refractivity contribution in [3.63, 3.8) is 0 Å². The number of ether oxygens (including phenoxy) is 1. The summed E-state index contributed by atoms with van der Waals surface area (Å²) in [6.07, 6.45) is -3.74. The number of carbonyl (C=O) groups excluding carboxylic acids is 1. The zero-order chi connectivity index (χ0) is 22.1. The van der Waals surface area contributed by atoms with Gasteiger partial charge in [0.15, 0.2) is 5.96 Å². The van der Waals surface area contributed by atoms with E-state index in [0.29, 0.717) is 44.3 Å². The van der Waals surface area contributed by atoms with Crippen molar-refractivity contribution in [3.8, 4) is 0 Å². The summed E-state index contributed by atoms with van der Waals surface area (Å²) in [5.41, 5.74) is -0.202. The van der Waals surface area contributed by atoms with E-state index >= 15 is 0 Å². The number of carbonyl (C=O) groups is 1. The van der Waals surface area contributed by atoms with Crippen LogP contribution < -0.4 is 10.6 Å². The first-order chi connectivity index (χ1) is 14.2. The third-order valence-corrected chi connectivity index (χ3v) is 4.91. The Balaban J connectivity index is 2.04. The van der Waals surface area contributed by atoms with Crippen LogP contribution in [-0.2, 0) is 15.7 Å². The van der Waals surface area contributed by atoms with Crippen LogP contribution in [0.2, 0.25) is 0 Å². The number of halogens is 3. The minimum absolute atomic E-state index is 0.0484. The Morgan fingerprint density at radius 1 is 1.37 bits per heavy atom. The zero-order valence-corrected chi connectivity index (χ0v) is 17.8. The lowest BCUT2D eigenvalue weighted by atomic mass is 10.0. The van der Waals surface area contributed by atoms with Crippen molar-refractivity contribution in [1.29, 1.82) is 0 Å². The van der Waals surface area contributed by atoms with Crippen LogP contribution in [0.15, 0.2) is 29.3 Å². The summed E-state index contributed by atoms with van der Waals surface area (Å²) in [6.45, 7) is 8.19. The number of nitrogens with zero attached hydrogens (tertiary/aromatic N) is 2. The molecule has 0 bridgehead atoms. The van der Waals surface area contributed by atoms with Gasteiger partial charge in [-0.15, -0.1) is 0 Å². The van der Waals surface area contributed by atoms with Crippen molar-refractivity contribution < 1.29 is 22.7 Å². The van der Waals surface area contributed by atoms with Gasteiger partial charge in [-0.1, -0.05) is 19.1 Å². The molecule has 2 N–H and O–H groups in total. The topological polar surface area (TPSA) is 66.0 Å². The number of amides is 1. The maximum atomic E-state index is 13.0. The van der Waals surface area contributed by atoms with Gasteiger partial charge in [-0.25, -0.2) is 0 Å². The molecule has 0 saturated carbocycles. The first kappa shape index (κ1) is 24.0. The molecule has 1 aromatic carbocycles. The molecule has 2 atom stereocenters. The minimum atomic E-state index is -4.39. The molecule has 0 aliphatic carbocycles. The van der Waals surface area contributed by atoms with E-state index in [1.54, 1.807) is 6.07 Å². The van der Waals surface area contributed by atoms with Crippen LogP contribution in [0.4, 0.5) is 13.2 Å². The molecule has 1 aliphatic heterocycles. The predicted molar refractivity (Wildman–Crippen MR) is 110 cm³/mol. The van der Waals surface area contributed by atoms with Gasteiger partial charge in [0.2, 0.25) is 5.91 Å². The summed E-state index contributed by atoms with van der Waals surface area (Å²) in [4.78, 5) is 18.4. The third-order valence-electron chi connectivity index (χ3n) is 4.91. The average Bonchev–Trinajstić information content (AvgIpc) is 2.72. The monoisotopic (exact) mass is 428 g/mol. The highest BCUT2D eigenvalue weighted by Gasteiger charge is 2.32. The largest absolute Gasteiger partial charge is 0.416 e. The smallest absolute Gasteiger partial charge is 0.370 e. The first-order valence-electron chi connectivity index (χ1n) is 10.4. The van der Waals surface area contributed by atoms with E-state index in [2.05, 4.69) is 15.6 Å². The van der Waals surface area contributed by atoms with Crippen molar-refractivity contribution in [3.05, 3.63) is 35.4 Å². The lowest BCUT2D eigenvalue weighted by molar-refractivity contribution is -0.137. The Kier molecular flexibility index (Phi) is 8.95. The van der Waals surface area contributed by atoms with Gasteiger partial charge in [0.05, 0.1) is 25.3 Å². The zero-order valence-electron chi connectivity index (χ0n) is 17.8. The lowest BCUT2D eigenvalue weighted by Crippen LogP contribution is -2.48. The van der Waals surface area contributed by atoms with Crippen LogP contribution in [-0.4, -0.2) is 55.6 Å². The van der Waals surface area contributed by atoms with E-state index < -0.39 is 17.8 Å². The third kappa shape index (κ3) is 7.19. The van der Waals surface area contributed by atoms with E-state index in [-0.39, 0.29) is 18.4 Å². The molecule has 0 spiro atoms. The number of guanidine groups is 1. The van der Waals surface area contributed by atoms with Crippen LogP contribution in [0.25, 0.3) is 0 Å². The van der Waals surface area contributed by atoms with Crippen LogP contribution in [0.1, 0.15) is 50.8 Å². The van der Waals surface area contributed by atoms with Gasteiger partial charge in [-0.05, 0) is 38.0 Å². The summed E-state index contributed by atoms with van der Waals surface area (Å²) < 4.78 is 44.8. The fraction of sp³-hybridized carbons (Fsp3) is 0.619. The van der Waals surface area contributed by atoms with Crippen LogP contribution in [0.3, 0.4) is 0 Å². The normalized spacial score (nSPS) is 18.8. The average molecular weight is 428 g/mol. The standard InChI is InChI=1S/C21H31F3N4O2/c1-4-15(3)27-19(29)9-10-26-20(25-5-2)28-11-12-30-18(14-28)16-7-6-8-17(13-16)21(22,23)24/h6-8,13,15,18H,4-5,9-12,14H2,1-3H3,(H,25,26)(H,27,29). The number of hydrogen-bond acceptors (Lipinski definition) is 3. The molecule has 0 radical (unpaired) electrons.